The number of carbonyl (C=O) groups is 2. The lowest BCUT2D eigenvalue weighted by atomic mass is 9.75. The summed E-state index contributed by atoms with van der Waals surface area (Å²) >= 11 is 0. The Bertz CT molecular complexity index is 900. The standard InChI is InChI=1S/C25H25NO3/c1-25(20-13-7-3-8-14-20,21-15-9-4-10-16-21)24(29)26-22(23(27)28)18-17-19-11-5-2-6-12-19/h2-16,22H,17-18H2,1H3,(H,26,29)(H,27,28)/t22-/m0/s1. The van der Waals surface area contributed by atoms with Gasteiger partial charge in [0, 0.05) is 0 Å². The molecule has 0 bridgehead atoms. The predicted molar refractivity (Wildman–Crippen MR) is 114 cm³/mol. The van der Waals surface area contributed by atoms with Gasteiger partial charge in [-0.05, 0) is 36.5 Å². The third-order valence-electron chi connectivity index (χ3n) is 5.32. The number of nitrogens with one attached hydrogen (secondary N) is 1. The topological polar surface area (TPSA) is 66.4 Å². The minimum absolute atomic E-state index is 0.324. The van der Waals surface area contributed by atoms with Gasteiger partial charge in [-0.3, -0.25) is 4.79 Å². The third kappa shape index (κ3) is 4.72. The molecule has 1 atom stereocenters. The van der Waals surface area contributed by atoms with Gasteiger partial charge in [0.2, 0.25) is 5.91 Å². The van der Waals surface area contributed by atoms with E-state index in [0.717, 1.165) is 16.7 Å². The summed E-state index contributed by atoms with van der Waals surface area (Å²) in [4.78, 5) is 25.3. The summed E-state index contributed by atoms with van der Waals surface area (Å²) < 4.78 is 0. The van der Waals surface area contributed by atoms with Gasteiger partial charge < -0.3 is 10.4 Å². The minimum atomic E-state index is -1.03. The number of hydrogen-bond acceptors (Lipinski definition) is 2. The number of carboxylic acids is 1. The van der Waals surface area contributed by atoms with Gasteiger partial charge in [0.05, 0.1) is 5.41 Å². The lowest BCUT2D eigenvalue weighted by Crippen LogP contribution is -2.50. The monoisotopic (exact) mass is 387 g/mol. The molecule has 0 unspecified atom stereocenters. The molecule has 4 nitrogen and oxygen atoms in total. The highest BCUT2D eigenvalue weighted by atomic mass is 16.4. The molecule has 0 aliphatic rings. The largest absolute Gasteiger partial charge is 0.480 e. The highest BCUT2D eigenvalue weighted by Crippen LogP contribution is 2.32. The van der Waals surface area contributed by atoms with Crippen molar-refractivity contribution < 1.29 is 14.7 Å². The molecule has 3 rings (SSSR count). The van der Waals surface area contributed by atoms with Crippen LogP contribution in [0.3, 0.4) is 0 Å². The van der Waals surface area contributed by atoms with Crippen LogP contribution < -0.4 is 5.32 Å². The first-order valence-electron chi connectivity index (χ1n) is 9.70. The molecular formula is C25H25NO3. The quantitative estimate of drug-likeness (QED) is 0.609. The van der Waals surface area contributed by atoms with E-state index in [0.29, 0.717) is 12.8 Å². The molecule has 0 fully saturated rings. The molecule has 0 saturated carbocycles. The van der Waals surface area contributed by atoms with Crippen LogP contribution in [0.2, 0.25) is 0 Å². The van der Waals surface area contributed by atoms with Crippen LogP contribution in [0.25, 0.3) is 0 Å². The fraction of sp³-hybridized carbons (Fsp3) is 0.200. The summed E-state index contributed by atoms with van der Waals surface area (Å²) in [7, 11) is 0. The number of aryl methyl sites for hydroxylation is 1. The van der Waals surface area contributed by atoms with E-state index in [1.54, 1.807) is 0 Å². The Hall–Kier alpha value is -3.40. The van der Waals surface area contributed by atoms with Crippen molar-refractivity contribution in [1.82, 2.24) is 5.32 Å². The maximum atomic E-state index is 13.4. The summed E-state index contributed by atoms with van der Waals surface area (Å²) in [5.74, 6) is -1.35. The van der Waals surface area contributed by atoms with Crippen molar-refractivity contribution in [1.29, 1.82) is 0 Å². The van der Waals surface area contributed by atoms with Crippen LogP contribution in [-0.2, 0) is 21.4 Å². The zero-order chi connectivity index (χ0) is 20.7. The van der Waals surface area contributed by atoms with Gasteiger partial charge in [0.15, 0.2) is 0 Å². The maximum Gasteiger partial charge on any atom is 0.326 e. The average molecular weight is 387 g/mol. The van der Waals surface area contributed by atoms with Crippen LogP contribution in [0.5, 0.6) is 0 Å². The highest BCUT2D eigenvalue weighted by molar-refractivity contribution is 5.94. The molecule has 0 heterocycles. The van der Waals surface area contributed by atoms with Crippen LogP contribution in [-0.4, -0.2) is 23.0 Å². The molecule has 2 N–H and O–H groups in total. The van der Waals surface area contributed by atoms with Gasteiger partial charge in [-0.1, -0.05) is 91.0 Å². The third-order valence-corrected chi connectivity index (χ3v) is 5.32. The Labute approximate surface area is 171 Å². The molecule has 4 heteroatoms. The van der Waals surface area contributed by atoms with E-state index < -0.39 is 17.4 Å². The van der Waals surface area contributed by atoms with Crippen molar-refractivity contribution in [3.05, 3.63) is 108 Å². The number of hydrogen-bond donors (Lipinski definition) is 2. The number of carbonyl (C=O) groups excluding carboxylic acids is 1. The molecule has 3 aromatic rings. The van der Waals surface area contributed by atoms with Crippen LogP contribution >= 0.6 is 0 Å². The molecular weight excluding hydrogens is 362 g/mol. The average Bonchev–Trinajstić information content (AvgIpc) is 2.77. The summed E-state index contributed by atoms with van der Waals surface area (Å²) in [5.41, 5.74) is 1.68. The Morgan fingerprint density at radius 2 is 1.28 bits per heavy atom. The molecule has 0 spiro atoms. The molecule has 0 aliphatic heterocycles. The van der Waals surface area contributed by atoms with Crippen molar-refractivity contribution in [2.75, 3.05) is 0 Å². The number of aliphatic carboxylic acids is 1. The molecule has 148 valence electrons. The zero-order valence-corrected chi connectivity index (χ0v) is 16.4. The van der Waals surface area contributed by atoms with Crippen LogP contribution in [0.15, 0.2) is 91.0 Å². The Morgan fingerprint density at radius 1 is 0.828 bits per heavy atom. The van der Waals surface area contributed by atoms with E-state index in [9.17, 15) is 14.7 Å². The second kappa shape index (κ2) is 9.20. The van der Waals surface area contributed by atoms with Crippen LogP contribution in [0.1, 0.15) is 30.0 Å². The summed E-state index contributed by atoms with van der Waals surface area (Å²) in [6.07, 6.45) is 0.899. The second-order valence-electron chi connectivity index (χ2n) is 7.25. The first kappa shape index (κ1) is 20.3. The SMILES string of the molecule is CC(C(=O)N[C@@H](CCc1ccccc1)C(=O)O)(c1ccccc1)c1ccccc1. The zero-order valence-electron chi connectivity index (χ0n) is 16.4. The maximum absolute atomic E-state index is 13.4. The molecule has 0 radical (unpaired) electrons. The van der Waals surface area contributed by atoms with Crippen molar-refractivity contribution in [2.24, 2.45) is 0 Å². The predicted octanol–water partition coefficient (Wildman–Crippen LogP) is 4.19. The van der Waals surface area contributed by atoms with Gasteiger partial charge in [-0.2, -0.15) is 0 Å². The minimum Gasteiger partial charge on any atom is -0.480 e. The number of amides is 1. The summed E-state index contributed by atoms with van der Waals surface area (Å²) in [6, 6.07) is 27.6. The number of benzene rings is 3. The normalized spacial score (nSPS) is 12.2. The van der Waals surface area contributed by atoms with Gasteiger partial charge in [0.1, 0.15) is 6.04 Å². The highest BCUT2D eigenvalue weighted by Gasteiger charge is 2.38. The van der Waals surface area contributed by atoms with Gasteiger partial charge in [-0.25, -0.2) is 4.79 Å². The Morgan fingerprint density at radius 3 is 1.72 bits per heavy atom. The Kier molecular flexibility index (Phi) is 6.45. The van der Waals surface area contributed by atoms with E-state index in [1.807, 2.05) is 97.9 Å². The lowest BCUT2D eigenvalue weighted by Gasteiger charge is -2.31. The fourth-order valence-corrected chi connectivity index (χ4v) is 3.49. The van der Waals surface area contributed by atoms with Crippen molar-refractivity contribution >= 4 is 11.9 Å². The first-order chi connectivity index (χ1) is 14.0. The van der Waals surface area contributed by atoms with Gasteiger partial charge in [0.25, 0.3) is 0 Å². The van der Waals surface area contributed by atoms with E-state index in [2.05, 4.69) is 5.32 Å². The van der Waals surface area contributed by atoms with Gasteiger partial charge >= 0.3 is 5.97 Å². The van der Waals surface area contributed by atoms with Gasteiger partial charge in [-0.15, -0.1) is 0 Å². The fourth-order valence-electron chi connectivity index (χ4n) is 3.49. The van der Waals surface area contributed by atoms with Crippen molar-refractivity contribution in [3.63, 3.8) is 0 Å². The molecule has 29 heavy (non-hydrogen) atoms. The van der Waals surface area contributed by atoms with Crippen LogP contribution in [0, 0.1) is 0 Å². The molecule has 0 saturated heterocycles. The summed E-state index contributed by atoms with van der Waals surface area (Å²) in [6.45, 7) is 1.84. The molecule has 1 amide bonds. The number of carboxylic acid groups (broad SMARTS) is 1. The van der Waals surface area contributed by atoms with E-state index in [-0.39, 0.29) is 5.91 Å². The molecule has 3 aromatic carbocycles. The number of rotatable bonds is 8. The van der Waals surface area contributed by atoms with E-state index in [4.69, 9.17) is 0 Å². The lowest BCUT2D eigenvalue weighted by molar-refractivity contribution is -0.142. The van der Waals surface area contributed by atoms with Crippen LogP contribution in [0.4, 0.5) is 0 Å². The molecule has 0 aromatic heterocycles. The second-order valence-corrected chi connectivity index (χ2v) is 7.25. The van der Waals surface area contributed by atoms with Crippen molar-refractivity contribution in [2.45, 2.75) is 31.2 Å². The first-order valence-corrected chi connectivity index (χ1v) is 9.70. The van der Waals surface area contributed by atoms with E-state index >= 15 is 0 Å². The molecule has 0 aliphatic carbocycles. The summed E-state index contributed by atoms with van der Waals surface area (Å²) in [5, 5.41) is 12.5. The van der Waals surface area contributed by atoms with Crippen molar-refractivity contribution in [3.8, 4) is 0 Å². The smallest absolute Gasteiger partial charge is 0.326 e. The Balaban J connectivity index is 1.86. The van der Waals surface area contributed by atoms with E-state index in [1.165, 1.54) is 0 Å².